The molecule has 6 N–H and O–H groups in total. The summed E-state index contributed by atoms with van der Waals surface area (Å²) in [6.45, 7) is 9.80. The van der Waals surface area contributed by atoms with Gasteiger partial charge in [-0.3, -0.25) is 43.8 Å². The summed E-state index contributed by atoms with van der Waals surface area (Å²) in [7, 11) is 2.56. The number of cyclic esters (lactones) is 1. The van der Waals surface area contributed by atoms with Gasteiger partial charge in [0.05, 0.1) is 12.6 Å². The monoisotopic (exact) mass is 797 g/mol. The van der Waals surface area contributed by atoms with Gasteiger partial charge in [0.25, 0.3) is 17.7 Å². The molecule has 3 fully saturated rings. The van der Waals surface area contributed by atoms with Crippen molar-refractivity contribution in [1.82, 2.24) is 35.9 Å². The van der Waals surface area contributed by atoms with Gasteiger partial charge in [-0.15, -0.1) is 0 Å². The van der Waals surface area contributed by atoms with Gasteiger partial charge in [0, 0.05) is 27.1 Å². The number of amides is 6. The molecule has 19 nitrogen and oxygen atoms in total. The average molecular weight is 798 g/mol. The number of rotatable bonds is 8. The molecule has 3 rings (SSSR count). The number of esters is 1. The van der Waals surface area contributed by atoms with E-state index in [1.54, 1.807) is 13.8 Å². The number of hydrazine groups is 1. The highest BCUT2D eigenvalue weighted by Crippen LogP contribution is 2.41. The first kappa shape index (κ1) is 46.5. The molecule has 3 aliphatic rings. The van der Waals surface area contributed by atoms with Crippen LogP contribution in [0.3, 0.4) is 0 Å². The lowest BCUT2D eigenvalue weighted by Gasteiger charge is -2.48. The maximum Gasteiger partial charge on any atom is 0.325 e. The zero-order valence-electron chi connectivity index (χ0n) is 34.2. The molecule has 0 aromatic rings. The SMILES string of the molecule is CCC(C)C[C@H]1CC[C@](O)([C@](C)(O)C(=O)N[C@@H]2C(=O)N3NCCC[C@@H]3C(=O)N(O)CC(=O)N(C)[C@@H](C)C(=O)NCC(=O)N(C)CC(=O)OC2C(C)C)O[C@@H]1CC. The van der Waals surface area contributed by atoms with E-state index in [4.69, 9.17) is 9.47 Å². The summed E-state index contributed by atoms with van der Waals surface area (Å²) in [6, 6.07) is -4.36. The van der Waals surface area contributed by atoms with Gasteiger partial charge in [0.2, 0.25) is 23.5 Å². The van der Waals surface area contributed by atoms with Crippen molar-refractivity contribution in [2.24, 2.45) is 17.8 Å². The van der Waals surface area contributed by atoms with Crippen LogP contribution in [0.5, 0.6) is 0 Å². The fraction of sp³-hybridized carbons (Fsp3) is 0.811. The Balaban J connectivity index is 2.05. The molecule has 0 aliphatic carbocycles. The fourth-order valence-electron chi connectivity index (χ4n) is 7.18. The van der Waals surface area contributed by atoms with E-state index in [1.165, 1.54) is 21.0 Å². The number of hydroxylamine groups is 2. The van der Waals surface area contributed by atoms with E-state index in [9.17, 15) is 49.0 Å². The number of likely N-dealkylation sites (N-methyl/N-ethyl adjacent to an activating group) is 2. The first-order valence-corrected chi connectivity index (χ1v) is 19.6. The Hall–Kier alpha value is -3.91. The van der Waals surface area contributed by atoms with Gasteiger partial charge in [0.1, 0.15) is 37.3 Å². The van der Waals surface area contributed by atoms with Crippen LogP contribution in [0.1, 0.15) is 93.4 Å². The fourth-order valence-corrected chi connectivity index (χ4v) is 7.18. The van der Waals surface area contributed by atoms with Crippen LogP contribution in [0.15, 0.2) is 0 Å². The van der Waals surface area contributed by atoms with Gasteiger partial charge in [-0.2, -0.15) is 0 Å². The van der Waals surface area contributed by atoms with E-state index in [-0.39, 0.29) is 30.4 Å². The highest BCUT2D eigenvalue weighted by atomic mass is 16.6. The van der Waals surface area contributed by atoms with E-state index in [1.807, 2.05) is 6.92 Å². The van der Waals surface area contributed by atoms with E-state index in [2.05, 4.69) is 29.9 Å². The minimum Gasteiger partial charge on any atom is -0.458 e. The average Bonchev–Trinajstić information content (AvgIpc) is 3.16. The maximum absolute atomic E-state index is 14.6. The molecule has 6 amide bonds. The zero-order chi connectivity index (χ0) is 42.3. The van der Waals surface area contributed by atoms with Crippen LogP contribution in [0.2, 0.25) is 0 Å². The predicted octanol–water partition coefficient (Wildman–Crippen LogP) is -0.731. The lowest BCUT2D eigenvalue weighted by molar-refractivity contribution is -0.329. The summed E-state index contributed by atoms with van der Waals surface area (Å²) < 4.78 is 11.9. The highest BCUT2D eigenvalue weighted by molar-refractivity contribution is 5.96. The molecule has 9 atom stereocenters. The zero-order valence-corrected chi connectivity index (χ0v) is 34.2. The lowest BCUT2D eigenvalue weighted by atomic mass is 9.78. The molecule has 3 heterocycles. The normalized spacial score (nSPS) is 31.4. The third kappa shape index (κ3) is 10.7. The number of fused-ring (bicyclic) bond motifs is 1. The standard InChI is InChI=1S/C37H63N7O12/c1-10-22(5)17-24-14-15-37(53,56-26(24)11-2)36(7,52)35(51)40-30-31(21(3)4)55-29(47)20-41(8)27(45)18-38-32(48)23(6)42(9)28(46)19-43(54)33(49)25-13-12-16-39-44(25)34(30)50/h21-26,30-31,39,52-54H,10-20H2,1-9H3,(H,38,48)(H,40,51)/t22?,23-,24+,25+,26+,30-,31?,36+,37+/m0/s1. The molecule has 0 saturated carbocycles. The molecule has 2 unspecified atom stereocenters. The van der Waals surface area contributed by atoms with Crippen LogP contribution < -0.4 is 16.1 Å². The Morgan fingerprint density at radius 1 is 1.04 bits per heavy atom. The minimum atomic E-state index is -2.65. The second-order valence-electron chi connectivity index (χ2n) is 15.9. The van der Waals surface area contributed by atoms with Crippen molar-refractivity contribution in [2.75, 3.05) is 40.3 Å². The molecule has 3 saturated heterocycles. The predicted molar refractivity (Wildman–Crippen MR) is 198 cm³/mol. The van der Waals surface area contributed by atoms with Gasteiger partial charge in [0.15, 0.2) is 5.60 Å². The number of nitrogens with zero attached hydrogens (tertiary/aromatic N) is 4. The van der Waals surface area contributed by atoms with Crippen LogP contribution in [0, 0.1) is 17.8 Å². The lowest BCUT2D eigenvalue weighted by Crippen LogP contribution is -2.70. The van der Waals surface area contributed by atoms with Crippen LogP contribution in [-0.4, -0.2) is 159 Å². The van der Waals surface area contributed by atoms with Crippen LogP contribution in [0.4, 0.5) is 0 Å². The molecule has 19 heteroatoms. The van der Waals surface area contributed by atoms with Crippen molar-refractivity contribution in [3.63, 3.8) is 0 Å². The second-order valence-corrected chi connectivity index (χ2v) is 15.9. The first-order valence-electron chi connectivity index (χ1n) is 19.6. The summed E-state index contributed by atoms with van der Waals surface area (Å²) in [4.78, 5) is 96.6. The number of aliphatic hydroxyl groups is 2. The van der Waals surface area contributed by atoms with Crippen molar-refractivity contribution in [1.29, 1.82) is 0 Å². The molecule has 0 spiro atoms. The van der Waals surface area contributed by atoms with Crippen LogP contribution in [-0.2, 0) is 43.0 Å². The highest BCUT2D eigenvalue weighted by Gasteiger charge is 2.57. The van der Waals surface area contributed by atoms with E-state index < -0.39 is 109 Å². The summed E-state index contributed by atoms with van der Waals surface area (Å²) >= 11 is 0. The number of hydrogen-bond acceptors (Lipinski definition) is 13. The minimum absolute atomic E-state index is 0.0126. The quantitative estimate of drug-likeness (QED) is 0.131. The van der Waals surface area contributed by atoms with Gasteiger partial charge >= 0.3 is 5.97 Å². The van der Waals surface area contributed by atoms with Crippen molar-refractivity contribution >= 4 is 41.4 Å². The summed E-state index contributed by atoms with van der Waals surface area (Å²) in [5.41, 5.74) is 0.166. The third-order valence-electron chi connectivity index (χ3n) is 11.4. The molecule has 0 aromatic carbocycles. The summed E-state index contributed by atoms with van der Waals surface area (Å²) in [5, 5.41) is 40.3. The first-order chi connectivity index (χ1) is 26.1. The summed E-state index contributed by atoms with van der Waals surface area (Å²) in [6.07, 6.45) is 1.02. The van der Waals surface area contributed by atoms with Gasteiger partial charge < -0.3 is 40.1 Å². The number of hydrogen-bond donors (Lipinski definition) is 6. The smallest absolute Gasteiger partial charge is 0.325 e. The number of carbonyl (C=O) groups excluding carboxylic acids is 7. The molecule has 0 aromatic heterocycles. The van der Waals surface area contributed by atoms with E-state index in [0.29, 0.717) is 25.2 Å². The van der Waals surface area contributed by atoms with Crippen LogP contribution in [0.25, 0.3) is 0 Å². The number of carbonyl (C=O) groups is 7. The Kier molecular flexibility index (Phi) is 16.2. The van der Waals surface area contributed by atoms with Gasteiger partial charge in [-0.05, 0) is 63.7 Å². The molecule has 0 bridgehead atoms. The molecule has 318 valence electrons. The molecular weight excluding hydrogens is 734 g/mol. The molecular formula is C37H63N7O12. The third-order valence-corrected chi connectivity index (χ3v) is 11.4. The Morgan fingerprint density at radius 3 is 2.30 bits per heavy atom. The van der Waals surface area contributed by atoms with Crippen molar-refractivity contribution in [2.45, 2.75) is 135 Å². The topological polar surface area (TPSA) is 248 Å². The van der Waals surface area contributed by atoms with E-state index in [0.717, 1.165) is 34.6 Å². The Bertz CT molecular complexity index is 1460. The van der Waals surface area contributed by atoms with Crippen molar-refractivity contribution in [3.05, 3.63) is 0 Å². The Morgan fingerprint density at radius 2 is 1.70 bits per heavy atom. The van der Waals surface area contributed by atoms with E-state index >= 15 is 0 Å². The van der Waals surface area contributed by atoms with Crippen LogP contribution >= 0.6 is 0 Å². The molecule has 56 heavy (non-hydrogen) atoms. The molecule has 0 radical (unpaired) electrons. The van der Waals surface area contributed by atoms with Crippen molar-refractivity contribution in [3.8, 4) is 0 Å². The molecule has 3 aliphatic heterocycles. The van der Waals surface area contributed by atoms with Crippen molar-refractivity contribution < 1.29 is 58.5 Å². The maximum atomic E-state index is 14.6. The summed E-state index contributed by atoms with van der Waals surface area (Å²) in [5.74, 6) is -9.18. The van der Waals surface area contributed by atoms with Gasteiger partial charge in [-0.1, -0.05) is 41.0 Å². The number of ether oxygens (including phenoxy) is 2. The Labute approximate surface area is 328 Å². The largest absolute Gasteiger partial charge is 0.458 e. The second kappa shape index (κ2) is 19.5. The van der Waals surface area contributed by atoms with Gasteiger partial charge in [-0.25, -0.2) is 10.5 Å². The number of nitrogens with one attached hydrogen (secondary N) is 3.